The number of aromatic nitrogens is 2. The molecule has 0 bridgehead atoms. The standard InChI is InChI=1S/C14H23N5O2/c1-5-15-11-9-17-10(8-18-11)13(21)16-7-6-12(20)19-14(2,3)4/h8-9H,5-7H2,1-4H3,(H,15,18)(H,16,21)(H,19,20). The highest BCUT2D eigenvalue weighted by atomic mass is 16.2. The Labute approximate surface area is 124 Å². The molecular formula is C14H23N5O2. The van der Waals surface area contributed by atoms with Gasteiger partial charge in [0.15, 0.2) is 0 Å². The molecule has 1 rings (SSSR count). The second kappa shape index (κ2) is 7.56. The summed E-state index contributed by atoms with van der Waals surface area (Å²) in [5.74, 6) is 0.184. The molecule has 3 N–H and O–H groups in total. The molecule has 0 atom stereocenters. The number of anilines is 1. The SMILES string of the molecule is CCNc1cnc(C(=O)NCCC(=O)NC(C)(C)C)cn1. The van der Waals surface area contributed by atoms with Crippen LogP contribution in [0, 0.1) is 0 Å². The van der Waals surface area contributed by atoms with Gasteiger partial charge < -0.3 is 16.0 Å². The van der Waals surface area contributed by atoms with Crippen LogP contribution in [0.15, 0.2) is 12.4 Å². The number of hydrogen-bond acceptors (Lipinski definition) is 5. The van der Waals surface area contributed by atoms with Gasteiger partial charge in [0.25, 0.3) is 5.91 Å². The largest absolute Gasteiger partial charge is 0.369 e. The first kappa shape index (κ1) is 16.9. The molecule has 0 aliphatic rings. The molecule has 116 valence electrons. The van der Waals surface area contributed by atoms with Crippen LogP contribution < -0.4 is 16.0 Å². The molecule has 0 saturated carbocycles. The molecule has 0 radical (unpaired) electrons. The number of carbonyl (C=O) groups is 2. The van der Waals surface area contributed by atoms with Gasteiger partial charge in [0.2, 0.25) is 5.91 Å². The number of carbonyl (C=O) groups excluding carboxylic acids is 2. The minimum Gasteiger partial charge on any atom is -0.369 e. The lowest BCUT2D eigenvalue weighted by atomic mass is 10.1. The first-order valence-corrected chi connectivity index (χ1v) is 6.97. The van der Waals surface area contributed by atoms with Crippen molar-refractivity contribution in [3.63, 3.8) is 0 Å². The van der Waals surface area contributed by atoms with E-state index in [2.05, 4.69) is 25.9 Å². The Bertz CT molecular complexity index is 479. The quantitative estimate of drug-likeness (QED) is 0.725. The van der Waals surface area contributed by atoms with Crippen LogP contribution in [-0.2, 0) is 4.79 Å². The summed E-state index contributed by atoms with van der Waals surface area (Å²) in [7, 11) is 0. The van der Waals surface area contributed by atoms with Crippen LogP contribution >= 0.6 is 0 Å². The molecular weight excluding hydrogens is 270 g/mol. The summed E-state index contributed by atoms with van der Waals surface area (Å²) in [6.07, 6.45) is 3.14. The molecule has 2 amide bonds. The summed E-state index contributed by atoms with van der Waals surface area (Å²) in [6.45, 7) is 8.67. The fourth-order valence-electron chi connectivity index (χ4n) is 1.58. The van der Waals surface area contributed by atoms with Gasteiger partial charge in [0.05, 0.1) is 12.4 Å². The minimum atomic E-state index is -0.339. The lowest BCUT2D eigenvalue weighted by Gasteiger charge is -2.20. The van der Waals surface area contributed by atoms with Crippen molar-refractivity contribution in [1.29, 1.82) is 0 Å². The predicted octanol–water partition coefficient (Wildman–Crippen LogP) is 0.943. The summed E-state index contributed by atoms with van der Waals surface area (Å²) in [5, 5.41) is 8.47. The number of nitrogens with zero attached hydrogens (tertiary/aromatic N) is 2. The number of rotatable bonds is 6. The lowest BCUT2D eigenvalue weighted by molar-refractivity contribution is -0.122. The van der Waals surface area contributed by atoms with Crippen molar-refractivity contribution in [2.75, 3.05) is 18.4 Å². The molecule has 7 nitrogen and oxygen atoms in total. The van der Waals surface area contributed by atoms with E-state index < -0.39 is 0 Å². The van der Waals surface area contributed by atoms with Crippen LogP contribution in [0.1, 0.15) is 44.6 Å². The number of amides is 2. The summed E-state index contributed by atoms with van der Waals surface area (Å²) < 4.78 is 0. The van der Waals surface area contributed by atoms with Gasteiger partial charge in [-0.3, -0.25) is 9.59 Å². The van der Waals surface area contributed by atoms with Crippen molar-refractivity contribution in [2.45, 2.75) is 39.7 Å². The molecule has 1 aromatic heterocycles. The molecule has 0 aromatic carbocycles. The monoisotopic (exact) mass is 293 g/mol. The van der Waals surface area contributed by atoms with E-state index in [9.17, 15) is 9.59 Å². The van der Waals surface area contributed by atoms with E-state index in [-0.39, 0.29) is 36.0 Å². The third kappa shape index (κ3) is 6.69. The van der Waals surface area contributed by atoms with E-state index >= 15 is 0 Å². The molecule has 0 fully saturated rings. The van der Waals surface area contributed by atoms with Crippen molar-refractivity contribution in [3.8, 4) is 0 Å². The van der Waals surface area contributed by atoms with E-state index in [1.807, 2.05) is 27.7 Å². The smallest absolute Gasteiger partial charge is 0.271 e. The Balaban J connectivity index is 2.38. The first-order valence-electron chi connectivity index (χ1n) is 6.97. The van der Waals surface area contributed by atoms with Crippen molar-refractivity contribution in [3.05, 3.63) is 18.1 Å². The lowest BCUT2D eigenvalue weighted by Crippen LogP contribution is -2.42. The number of nitrogens with one attached hydrogen (secondary N) is 3. The van der Waals surface area contributed by atoms with Gasteiger partial charge in [-0.15, -0.1) is 0 Å². The maximum Gasteiger partial charge on any atom is 0.271 e. The van der Waals surface area contributed by atoms with Gasteiger partial charge in [0.1, 0.15) is 11.5 Å². The van der Waals surface area contributed by atoms with E-state index in [0.717, 1.165) is 6.54 Å². The van der Waals surface area contributed by atoms with E-state index in [0.29, 0.717) is 5.82 Å². The second-order valence-corrected chi connectivity index (χ2v) is 5.62. The molecule has 0 saturated heterocycles. The van der Waals surface area contributed by atoms with Crippen LogP contribution in [0.2, 0.25) is 0 Å². The topological polar surface area (TPSA) is 96.0 Å². The normalized spacial score (nSPS) is 10.9. The van der Waals surface area contributed by atoms with Gasteiger partial charge in [0, 0.05) is 25.0 Å². The van der Waals surface area contributed by atoms with Crippen molar-refractivity contribution in [2.24, 2.45) is 0 Å². The van der Waals surface area contributed by atoms with E-state index in [4.69, 9.17) is 0 Å². The van der Waals surface area contributed by atoms with Gasteiger partial charge in [-0.1, -0.05) is 0 Å². The van der Waals surface area contributed by atoms with Crippen LogP contribution in [0.3, 0.4) is 0 Å². The van der Waals surface area contributed by atoms with E-state index in [1.54, 1.807) is 0 Å². The highest BCUT2D eigenvalue weighted by Gasteiger charge is 2.14. The third-order valence-electron chi connectivity index (χ3n) is 2.39. The first-order chi connectivity index (χ1) is 9.81. The Morgan fingerprint density at radius 3 is 2.43 bits per heavy atom. The summed E-state index contributed by atoms with van der Waals surface area (Å²) in [5.41, 5.74) is -0.0396. The maximum atomic E-state index is 11.8. The van der Waals surface area contributed by atoms with E-state index in [1.165, 1.54) is 12.4 Å². The summed E-state index contributed by atoms with van der Waals surface area (Å²) in [4.78, 5) is 31.5. The fourth-order valence-corrected chi connectivity index (χ4v) is 1.58. The zero-order valence-corrected chi connectivity index (χ0v) is 13.0. The third-order valence-corrected chi connectivity index (χ3v) is 2.39. The summed E-state index contributed by atoms with van der Waals surface area (Å²) >= 11 is 0. The molecule has 7 heteroatoms. The minimum absolute atomic E-state index is 0.101. The molecule has 0 spiro atoms. The number of hydrogen-bond donors (Lipinski definition) is 3. The zero-order valence-electron chi connectivity index (χ0n) is 13.0. The Morgan fingerprint density at radius 2 is 1.90 bits per heavy atom. The summed E-state index contributed by atoms with van der Waals surface area (Å²) in [6, 6.07) is 0. The van der Waals surface area contributed by atoms with Crippen molar-refractivity contribution < 1.29 is 9.59 Å². The predicted molar refractivity (Wildman–Crippen MR) is 81.0 cm³/mol. The Hall–Kier alpha value is -2.18. The Morgan fingerprint density at radius 1 is 1.19 bits per heavy atom. The van der Waals surface area contributed by atoms with Crippen LogP contribution in [0.5, 0.6) is 0 Å². The molecule has 1 aromatic rings. The fraction of sp³-hybridized carbons (Fsp3) is 0.571. The van der Waals surface area contributed by atoms with Crippen molar-refractivity contribution in [1.82, 2.24) is 20.6 Å². The molecule has 0 aliphatic carbocycles. The van der Waals surface area contributed by atoms with Gasteiger partial charge in [-0.25, -0.2) is 9.97 Å². The van der Waals surface area contributed by atoms with Crippen LogP contribution in [0.4, 0.5) is 5.82 Å². The van der Waals surface area contributed by atoms with Crippen LogP contribution in [-0.4, -0.2) is 40.4 Å². The van der Waals surface area contributed by atoms with Gasteiger partial charge in [-0.2, -0.15) is 0 Å². The highest BCUT2D eigenvalue weighted by molar-refractivity contribution is 5.92. The molecule has 0 aliphatic heterocycles. The average molecular weight is 293 g/mol. The molecule has 21 heavy (non-hydrogen) atoms. The molecule has 0 unspecified atom stereocenters. The maximum absolute atomic E-state index is 11.8. The zero-order chi connectivity index (χ0) is 15.9. The average Bonchev–Trinajstić information content (AvgIpc) is 2.37. The van der Waals surface area contributed by atoms with Gasteiger partial charge in [-0.05, 0) is 27.7 Å². The van der Waals surface area contributed by atoms with Gasteiger partial charge >= 0.3 is 0 Å². The Kier molecular flexibility index (Phi) is 6.08. The highest BCUT2D eigenvalue weighted by Crippen LogP contribution is 2.01. The van der Waals surface area contributed by atoms with Crippen molar-refractivity contribution >= 4 is 17.6 Å². The van der Waals surface area contributed by atoms with Crippen LogP contribution in [0.25, 0.3) is 0 Å². The molecule has 1 heterocycles. The second-order valence-electron chi connectivity index (χ2n) is 5.62.